The van der Waals surface area contributed by atoms with Crippen LogP contribution in [0.25, 0.3) is 0 Å². The Morgan fingerprint density at radius 1 is 0.893 bits per heavy atom. The number of rotatable bonds is 3. The second-order valence-corrected chi connectivity index (χ2v) is 10.3. The number of piperidine rings is 1. The summed E-state index contributed by atoms with van der Waals surface area (Å²) in [5, 5.41) is 5.05. The van der Waals surface area contributed by atoms with E-state index in [4.69, 9.17) is 9.88 Å². The maximum absolute atomic E-state index is 12.9. The maximum Gasteiger partial charge on any atom is 0.339 e. The summed E-state index contributed by atoms with van der Waals surface area (Å²) in [5.41, 5.74) is 0.531. The summed E-state index contributed by atoms with van der Waals surface area (Å²) in [6.45, 7) is 0.363. The Bertz CT molecular complexity index is 1150. The number of fused-ring (bicyclic) bond motifs is 2. The summed E-state index contributed by atoms with van der Waals surface area (Å²) in [6.07, 6.45) is 0.703. The van der Waals surface area contributed by atoms with Gasteiger partial charge in [-0.1, -0.05) is 18.2 Å². The van der Waals surface area contributed by atoms with Gasteiger partial charge in [-0.15, -0.1) is 0 Å². The number of carbonyl (C=O) groups excluding carboxylic acids is 1. The van der Waals surface area contributed by atoms with Crippen molar-refractivity contribution in [2.24, 2.45) is 5.14 Å². The topological polar surface area (TPSA) is 124 Å². The van der Waals surface area contributed by atoms with Gasteiger partial charge < -0.3 is 4.74 Å². The van der Waals surface area contributed by atoms with E-state index in [9.17, 15) is 21.6 Å². The van der Waals surface area contributed by atoms with E-state index in [-0.39, 0.29) is 28.8 Å². The minimum absolute atomic E-state index is 0.0142. The lowest BCUT2D eigenvalue weighted by Gasteiger charge is -2.37. The molecule has 2 aromatic carbocycles. The predicted octanol–water partition coefficient (Wildman–Crippen LogP) is 1.18. The van der Waals surface area contributed by atoms with Crippen LogP contribution >= 0.6 is 0 Å². The van der Waals surface area contributed by atoms with Crippen molar-refractivity contribution in [3.63, 3.8) is 0 Å². The van der Waals surface area contributed by atoms with E-state index < -0.39 is 25.6 Å². The molecule has 0 saturated carbocycles. The highest BCUT2D eigenvalue weighted by Gasteiger charge is 2.48. The average Bonchev–Trinajstić information content (AvgIpc) is 2.94. The lowest BCUT2D eigenvalue weighted by atomic mass is 9.84. The first kappa shape index (κ1) is 19.1. The van der Waals surface area contributed by atoms with Crippen molar-refractivity contribution in [3.8, 4) is 0 Å². The largest absolute Gasteiger partial charge is 0.450 e. The zero-order chi connectivity index (χ0) is 20.2. The van der Waals surface area contributed by atoms with E-state index >= 15 is 0 Å². The first-order chi connectivity index (χ1) is 13.1. The molecule has 0 radical (unpaired) electrons. The molecule has 2 heterocycles. The van der Waals surface area contributed by atoms with Crippen molar-refractivity contribution in [1.29, 1.82) is 0 Å². The number of ether oxygens (including phenoxy) is 1. The molecule has 2 aliphatic rings. The first-order valence-electron chi connectivity index (χ1n) is 8.59. The third-order valence-electron chi connectivity index (χ3n) is 5.25. The van der Waals surface area contributed by atoms with Gasteiger partial charge in [-0.2, -0.15) is 4.31 Å². The molecule has 2 aliphatic heterocycles. The van der Waals surface area contributed by atoms with Crippen LogP contribution in [-0.2, 0) is 30.4 Å². The van der Waals surface area contributed by atoms with Crippen LogP contribution < -0.4 is 5.14 Å². The molecule has 1 fully saturated rings. The van der Waals surface area contributed by atoms with Crippen molar-refractivity contribution in [1.82, 2.24) is 4.31 Å². The molecule has 148 valence electrons. The Labute approximate surface area is 163 Å². The lowest BCUT2D eigenvalue weighted by Crippen LogP contribution is -2.45. The van der Waals surface area contributed by atoms with Crippen molar-refractivity contribution in [3.05, 3.63) is 59.7 Å². The average molecular weight is 422 g/mol. The molecule has 2 aromatic rings. The quantitative estimate of drug-likeness (QED) is 0.741. The van der Waals surface area contributed by atoms with Crippen molar-refractivity contribution < 1.29 is 26.4 Å². The van der Waals surface area contributed by atoms with Crippen LogP contribution in [0.3, 0.4) is 0 Å². The molecule has 0 unspecified atom stereocenters. The second kappa shape index (κ2) is 6.38. The molecule has 28 heavy (non-hydrogen) atoms. The van der Waals surface area contributed by atoms with Gasteiger partial charge in [0, 0.05) is 31.5 Å². The summed E-state index contributed by atoms with van der Waals surface area (Å²) >= 11 is 0. The van der Waals surface area contributed by atoms with E-state index in [1.54, 1.807) is 12.1 Å². The van der Waals surface area contributed by atoms with Gasteiger partial charge in [-0.05, 0) is 30.3 Å². The van der Waals surface area contributed by atoms with Gasteiger partial charge in [0.15, 0.2) is 0 Å². The summed E-state index contributed by atoms with van der Waals surface area (Å²) in [6, 6.07) is 11.9. The summed E-state index contributed by atoms with van der Waals surface area (Å²) in [7, 11) is -7.70. The number of esters is 1. The number of primary sulfonamides is 1. The summed E-state index contributed by atoms with van der Waals surface area (Å²) in [5.74, 6) is -0.384. The van der Waals surface area contributed by atoms with Crippen LogP contribution in [0.2, 0.25) is 0 Å². The molecular weight excluding hydrogens is 404 g/mol. The Balaban J connectivity index is 1.56. The molecular formula is C18H18N2O6S2. The number of benzene rings is 2. The Hall–Kier alpha value is -2.27. The van der Waals surface area contributed by atoms with Crippen molar-refractivity contribution in [2.45, 2.75) is 28.2 Å². The first-order valence-corrected chi connectivity index (χ1v) is 11.6. The molecule has 0 aliphatic carbocycles. The zero-order valence-electron chi connectivity index (χ0n) is 14.7. The smallest absolute Gasteiger partial charge is 0.339 e. The SMILES string of the molecule is NS(=O)(=O)c1ccc(S(=O)(=O)N2CCC3(CC2)OC(=O)c2ccccc23)cc1. The number of hydrogen-bond donors (Lipinski definition) is 1. The number of nitrogens with two attached hydrogens (primary N) is 1. The monoisotopic (exact) mass is 422 g/mol. The molecule has 0 amide bonds. The van der Waals surface area contributed by atoms with Crippen LogP contribution in [0.4, 0.5) is 0 Å². The molecule has 2 N–H and O–H groups in total. The van der Waals surface area contributed by atoms with Gasteiger partial charge in [0.2, 0.25) is 20.0 Å². The minimum atomic E-state index is -3.90. The zero-order valence-corrected chi connectivity index (χ0v) is 16.4. The lowest BCUT2D eigenvalue weighted by molar-refractivity contribution is -0.0329. The summed E-state index contributed by atoms with van der Waals surface area (Å²) in [4.78, 5) is 12.0. The van der Waals surface area contributed by atoms with Gasteiger partial charge in [0.1, 0.15) is 5.60 Å². The minimum Gasteiger partial charge on any atom is -0.450 e. The van der Waals surface area contributed by atoms with Gasteiger partial charge in [0.25, 0.3) is 0 Å². The number of nitrogens with zero attached hydrogens (tertiary/aromatic N) is 1. The van der Waals surface area contributed by atoms with E-state index in [0.717, 1.165) is 5.56 Å². The number of hydrogen-bond acceptors (Lipinski definition) is 6. The molecule has 0 bridgehead atoms. The molecule has 1 spiro atoms. The van der Waals surface area contributed by atoms with Gasteiger partial charge in [-0.25, -0.2) is 26.8 Å². The maximum atomic E-state index is 12.9. The van der Waals surface area contributed by atoms with Gasteiger partial charge >= 0.3 is 5.97 Å². The van der Waals surface area contributed by atoms with E-state index in [1.165, 1.54) is 28.6 Å². The van der Waals surface area contributed by atoms with Gasteiger partial charge in [0.05, 0.1) is 15.4 Å². The third-order valence-corrected chi connectivity index (χ3v) is 8.09. The fourth-order valence-corrected chi connectivity index (χ4v) is 5.71. The third kappa shape index (κ3) is 3.02. The van der Waals surface area contributed by atoms with Crippen LogP contribution in [0, 0.1) is 0 Å². The second-order valence-electron chi connectivity index (χ2n) is 6.85. The number of sulfonamides is 2. The summed E-state index contributed by atoms with van der Waals surface area (Å²) < 4.78 is 55.4. The number of carbonyl (C=O) groups is 1. The van der Waals surface area contributed by atoms with Crippen LogP contribution in [0.15, 0.2) is 58.3 Å². The molecule has 4 rings (SSSR count). The Morgan fingerprint density at radius 3 is 2.07 bits per heavy atom. The normalized spacial score (nSPS) is 19.4. The Kier molecular flexibility index (Phi) is 4.34. The van der Waals surface area contributed by atoms with Crippen molar-refractivity contribution >= 4 is 26.0 Å². The van der Waals surface area contributed by atoms with E-state index in [1.807, 2.05) is 12.1 Å². The van der Waals surface area contributed by atoms with Crippen LogP contribution in [0.5, 0.6) is 0 Å². The molecule has 1 saturated heterocycles. The highest BCUT2D eigenvalue weighted by atomic mass is 32.2. The van der Waals surface area contributed by atoms with Crippen molar-refractivity contribution in [2.75, 3.05) is 13.1 Å². The van der Waals surface area contributed by atoms with Gasteiger partial charge in [-0.3, -0.25) is 0 Å². The van der Waals surface area contributed by atoms with Crippen LogP contribution in [0.1, 0.15) is 28.8 Å². The molecule has 0 aromatic heterocycles. The van der Waals surface area contributed by atoms with E-state index in [2.05, 4.69) is 0 Å². The van der Waals surface area contributed by atoms with Crippen LogP contribution in [-0.4, -0.2) is 40.2 Å². The highest BCUT2D eigenvalue weighted by Crippen LogP contribution is 2.44. The fourth-order valence-electron chi connectivity index (χ4n) is 3.76. The highest BCUT2D eigenvalue weighted by molar-refractivity contribution is 7.89. The fraction of sp³-hybridized carbons (Fsp3) is 0.278. The standard InChI is InChI=1S/C18H18N2O6S2/c19-27(22,23)13-5-7-14(8-6-13)28(24,25)20-11-9-18(10-12-20)16-4-2-1-3-15(16)17(21)26-18/h1-8H,9-12H2,(H2,19,22,23). The molecule has 8 nitrogen and oxygen atoms in total. The molecule has 10 heteroatoms. The van der Waals surface area contributed by atoms with E-state index in [0.29, 0.717) is 18.4 Å². The Morgan fingerprint density at radius 2 is 1.46 bits per heavy atom. The molecule has 0 atom stereocenters. The predicted molar refractivity (Wildman–Crippen MR) is 99.3 cm³/mol.